The summed E-state index contributed by atoms with van der Waals surface area (Å²) in [5.74, 6) is 0.497. The van der Waals surface area contributed by atoms with Gasteiger partial charge in [0.25, 0.3) is 5.91 Å². The van der Waals surface area contributed by atoms with Crippen LogP contribution in [0.3, 0.4) is 0 Å². The number of rotatable bonds is 5. The molecule has 7 heteroatoms. The third-order valence-corrected chi connectivity index (χ3v) is 6.05. The Hall–Kier alpha value is -0.920. The number of amides is 1. The maximum absolute atomic E-state index is 12.3. The van der Waals surface area contributed by atoms with Crippen LogP contribution in [-0.4, -0.2) is 20.9 Å². The fourth-order valence-corrected chi connectivity index (χ4v) is 3.76. The van der Waals surface area contributed by atoms with E-state index in [2.05, 4.69) is 21.2 Å². The number of nitrogens with one attached hydrogen (secondary N) is 1. The van der Waals surface area contributed by atoms with Crippen molar-refractivity contribution in [3.63, 3.8) is 0 Å². The summed E-state index contributed by atoms with van der Waals surface area (Å²) in [7, 11) is -3.81. The molecular formula is C14H17BrN2O3S. The maximum Gasteiger partial charge on any atom is 0.252 e. The highest BCUT2D eigenvalue weighted by molar-refractivity contribution is 9.10. The molecule has 0 heterocycles. The molecule has 2 aliphatic rings. The van der Waals surface area contributed by atoms with Gasteiger partial charge in [-0.1, -0.05) is 0 Å². The normalized spacial score (nSPS) is 20.1. The van der Waals surface area contributed by atoms with Crippen molar-refractivity contribution >= 4 is 31.9 Å². The van der Waals surface area contributed by atoms with Crippen molar-refractivity contribution in [1.29, 1.82) is 0 Å². The predicted molar refractivity (Wildman–Crippen MR) is 82.2 cm³/mol. The van der Waals surface area contributed by atoms with E-state index in [4.69, 9.17) is 5.14 Å². The molecule has 0 bridgehead atoms. The van der Waals surface area contributed by atoms with E-state index in [1.807, 2.05) is 0 Å². The van der Waals surface area contributed by atoms with E-state index in [0.717, 1.165) is 5.92 Å². The fourth-order valence-electron chi connectivity index (χ4n) is 2.79. The van der Waals surface area contributed by atoms with Gasteiger partial charge in [-0.05, 0) is 71.1 Å². The van der Waals surface area contributed by atoms with Gasteiger partial charge in [0.05, 0.1) is 10.5 Å². The number of halogens is 1. The minimum Gasteiger partial charge on any atom is -0.351 e. The third-order valence-electron chi connectivity index (χ3n) is 4.45. The molecule has 2 fully saturated rings. The summed E-state index contributed by atoms with van der Waals surface area (Å²) in [5.41, 5.74) is 0.604. The smallest absolute Gasteiger partial charge is 0.252 e. The Morgan fingerprint density at radius 2 is 2.05 bits per heavy atom. The van der Waals surface area contributed by atoms with Crippen molar-refractivity contribution in [2.75, 3.05) is 6.54 Å². The van der Waals surface area contributed by atoms with Gasteiger partial charge in [-0.15, -0.1) is 0 Å². The van der Waals surface area contributed by atoms with Crippen LogP contribution in [0.15, 0.2) is 27.6 Å². The minimum absolute atomic E-state index is 0.0563. The summed E-state index contributed by atoms with van der Waals surface area (Å²) in [5, 5.41) is 8.04. The maximum atomic E-state index is 12.3. The van der Waals surface area contributed by atoms with E-state index in [0.29, 0.717) is 22.0 Å². The zero-order valence-corrected chi connectivity index (χ0v) is 13.8. The largest absolute Gasteiger partial charge is 0.351 e. The van der Waals surface area contributed by atoms with Crippen molar-refractivity contribution in [2.24, 2.45) is 16.5 Å². The lowest BCUT2D eigenvalue weighted by atomic mass is 10.0. The zero-order valence-electron chi connectivity index (χ0n) is 11.4. The first kappa shape index (κ1) is 15.0. The van der Waals surface area contributed by atoms with Crippen LogP contribution >= 0.6 is 15.9 Å². The topological polar surface area (TPSA) is 89.3 Å². The van der Waals surface area contributed by atoms with Crippen LogP contribution in [-0.2, 0) is 10.0 Å². The molecule has 1 amide bonds. The molecule has 3 rings (SSSR count). The monoisotopic (exact) mass is 372 g/mol. The van der Waals surface area contributed by atoms with Crippen molar-refractivity contribution in [3.8, 4) is 0 Å². The number of carbonyl (C=O) groups excluding carboxylic acids is 1. The quantitative estimate of drug-likeness (QED) is 0.828. The predicted octanol–water partition coefficient (Wildman–Crippen LogP) is 2.02. The second-order valence-electron chi connectivity index (χ2n) is 6.01. The van der Waals surface area contributed by atoms with Crippen LogP contribution in [0.4, 0.5) is 0 Å². The van der Waals surface area contributed by atoms with Gasteiger partial charge in [0.15, 0.2) is 0 Å². The van der Waals surface area contributed by atoms with Crippen molar-refractivity contribution in [3.05, 3.63) is 28.2 Å². The summed E-state index contributed by atoms with van der Waals surface area (Å²) >= 11 is 3.28. The Morgan fingerprint density at radius 1 is 1.38 bits per heavy atom. The van der Waals surface area contributed by atoms with Gasteiger partial charge in [0.2, 0.25) is 10.0 Å². The van der Waals surface area contributed by atoms with Gasteiger partial charge in [0, 0.05) is 11.0 Å². The third kappa shape index (κ3) is 3.14. The Balaban J connectivity index is 1.74. The van der Waals surface area contributed by atoms with Gasteiger partial charge >= 0.3 is 0 Å². The van der Waals surface area contributed by atoms with Crippen LogP contribution in [0.1, 0.15) is 36.0 Å². The summed E-state index contributed by atoms with van der Waals surface area (Å²) in [6, 6.07) is 4.22. The van der Waals surface area contributed by atoms with Crippen LogP contribution < -0.4 is 10.5 Å². The zero-order chi connectivity index (χ0) is 15.3. The number of nitrogens with two attached hydrogens (primary N) is 1. The first-order chi connectivity index (χ1) is 9.82. The summed E-state index contributed by atoms with van der Waals surface area (Å²) < 4.78 is 23.3. The molecule has 2 saturated carbocycles. The fraction of sp³-hybridized carbons (Fsp3) is 0.500. The first-order valence-corrected chi connectivity index (χ1v) is 9.26. The van der Waals surface area contributed by atoms with E-state index in [-0.39, 0.29) is 10.8 Å². The summed E-state index contributed by atoms with van der Waals surface area (Å²) in [4.78, 5) is 12.2. The number of carbonyl (C=O) groups is 1. The molecule has 0 radical (unpaired) electrons. The lowest BCUT2D eigenvalue weighted by Gasteiger charge is -2.15. The van der Waals surface area contributed by atoms with Crippen LogP contribution in [0.2, 0.25) is 0 Å². The number of hydrogen-bond donors (Lipinski definition) is 2. The number of benzene rings is 1. The van der Waals surface area contributed by atoms with Gasteiger partial charge in [-0.25, -0.2) is 13.6 Å². The molecule has 114 valence electrons. The van der Waals surface area contributed by atoms with Crippen molar-refractivity contribution in [2.45, 2.75) is 30.6 Å². The molecular weight excluding hydrogens is 356 g/mol. The highest BCUT2D eigenvalue weighted by atomic mass is 79.9. The van der Waals surface area contributed by atoms with Gasteiger partial charge < -0.3 is 5.32 Å². The van der Waals surface area contributed by atoms with E-state index >= 15 is 0 Å². The highest BCUT2D eigenvalue weighted by Crippen LogP contribution is 2.60. The number of sulfonamides is 1. The van der Waals surface area contributed by atoms with Crippen LogP contribution in [0.25, 0.3) is 0 Å². The molecule has 1 aromatic carbocycles. The summed E-state index contributed by atoms with van der Waals surface area (Å²) in [6.45, 7) is 0.669. The number of primary sulfonamides is 1. The van der Waals surface area contributed by atoms with Crippen molar-refractivity contribution in [1.82, 2.24) is 5.32 Å². The molecule has 0 atom stereocenters. The average molecular weight is 373 g/mol. The van der Waals surface area contributed by atoms with E-state index in [1.165, 1.54) is 43.9 Å². The standard InChI is InChI=1S/C14H17BrN2O3S/c15-12-4-3-10(21(16,19)20)7-11(12)13(18)17-8-14(5-6-14)9-1-2-9/h3-4,7,9H,1-2,5-6,8H2,(H,17,18)(H2,16,19,20). The summed E-state index contributed by atoms with van der Waals surface area (Å²) in [6.07, 6.45) is 4.88. The van der Waals surface area contributed by atoms with Gasteiger partial charge in [-0.2, -0.15) is 0 Å². The Labute approximate surface area is 132 Å². The Morgan fingerprint density at radius 3 is 2.57 bits per heavy atom. The second kappa shape index (κ2) is 5.07. The van der Waals surface area contributed by atoms with E-state index in [9.17, 15) is 13.2 Å². The number of hydrogen-bond acceptors (Lipinski definition) is 3. The molecule has 21 heavy (non-hydrogen) atoms. The molecule has 5 nitrogen and oxygen atoms in total. The molecule has 1 aromatic rings. The molecule has 0 spiro atoms. The molecule has 0 aliphatic heterocycles. The van der Waals surface area contributed by atoms with Gasteiger partial charge in [0.1, 0.15) is 0 Å². The van der Waals surface area contributed by atoms with Gasteiger partial charge in [-0.3, -0.25) is 4.79 Å². The second-order valence-corrected chi connectivity index (χ2v) is 8.42. The minimum atomic E-state index is -3.81. The average Bonchev–Trinajstić information content (AvgIpc) is 3.25. The lowest BCUT2D eigenvalue weighted by molar-refractivity contribution is 0.0941. The molecule has 2 aliphatic carbocycles. The van der Waals surface area contributed by atoms with E-state index in [1.54, 1.807) is 0 Å². The van der Waals surface area contributed by atoms with Crippen LogP contribution in [0.5, 0.6) is 0 Å². The highest BCUT2D eigenvalue weighted by Gasteiger charge is 2.53. The molecule has 0 saturated heterocycles. The first-order valence-electron chi connectivity index (χ1n) is 6.92. The van der Waals surface area contributed by atoms with Crippen molar-refractivity contribution < 1.29 is 13.2 Å². The Bertz CT molecular complexity index is 694. The Kier molecular flexibility index (Phi) is 3.62. The SMILES string of the molecule is NS(=O)(=O)c1ccc(Br)c(C(=O)NCC2(C3CC3)CC2)c1. The molecule has 0 unspecified atom stereocenters. The lowest BCUT2D eigenvalue weighted by Crippen LogP contribution is -2.31. The molecule has 3 N–H and O–H groups in total. The molecule has 0 aromatic heterocycles. The van der Waals surface area contributed by atoms with Crippen LogP contribution in [0, 0.1) is 11.3 Å². The van der Waals surface area contributed by atoms with E-state index < -0.39 is 10.0 Å².